The van der Waals surface area contributed by atoms with E-state index in [9.17, 15) is 4.79 Å². The van der Waals surface area contributed by atoms with E-state index in [1.165, 1.54) is 16.7 Å². The molecule has 146 valence electrons. The van der Waals surface area contributed by atoms with Crippen LogP contribution in [0.1, 0.15) is 49.4 Å². The molecule has 0 aliphatic rings. The Balaban J connectivity index is 1.79. The fourth-order valence-corrected chi connectivity index (χ4v) is 3.65. The molecule has 0 radical (unpaired) electrons. The molecule has 0 saturated carbocycles. The van der Waals surface area contributed by atoms with Gasteiger partial charge in [-0.2, -0.15) is 0 Å². The molecule has 0 saturated heterocycles. The molecular weight excluding hydrogens is 346 g/mol. The lowest BCUT2D eigenvalue weighted by Crippen LogP contribution is -2.40. The van der Waals surface area contributed by atoms with Crippen LogP contribution in [0.5, 0.6) is 5.75 Å². The molecule has 1 amide bonds. The number of hydrogen-bond donors (Lipinski definition) is 1. The molecule has 3 aromatic carbocycles. The van der Waals surface area contributed by atoms with Crippen LogP contribution in [0, 0.1) is 13.8 Å². The van der Waals surface area contributed by atoms with Crippen LogP contribution in [-0.2, 0) is 4.79 Å². The van der Waals surface area contributed by atoms with E-state index in [0.717, 1.165) is 22.9 Å². The minimum atomic E-state index is -0.523. The molecule has 3 nitrogen and oxygen atoms in total. The van der Waals surface area contributed by atoms with Crippen molar-refractivity contribution in [3.05, 3.63) is 77.4 Å². The van der Waals surface area contributed by atoms with Crippen LogP contribution in [0.4, 0.5) is 0 Å². The molecule has 0 aromatic heterocycles. The quantitative estimate of drug-likeness (QED) is 0.560. The molecule has 0 aliphatic heterocycles. The Morgan fingerprint density at radius 2 is 1.71 bits per heavy atom. The Morgan fingerprint density at radius 1 is 0.964 bits per heavy atom. The lowest BCUT2D eigenvalue weighted by Gasteiger charge is -2.24. The van der Waals surface area contributed by atoms with Crippen molar-refractivity contribution in [1.82, 2.24) is 5.32 Å². The average molecular weight is 376 g/mol. The molecule has 0 heterocycles. The van der Waals surface area contributed by atoms with Crippen molar-refractivity contribution in [2.75, 3.05) is 0 Å². The van der Waals surface area contributed by atoms with Crippen molar-refractivity contribution in [3.63, 3.8) is 0 Å². The molecular formula is C25H29NO2. The molecule has 3 heteroatoms. The van der Waals surface area contributed by atoms with Crippen molar-refractivity contribution < 1.29 is 9.53 Å². The predicted octanol–water partition coefficient (Wildman–Crippen LogP) is 5.88. The van der Waals surface area contributed by atoms with Gasteiger partial charge in [-0.15, -0.1) is 0 Å². The Hall–Kier alpha value is -2.81. The van der Waals surface area contributed by atoms with E-state index >= 15 is 0 Å². The monoisotopic (exact) mass is 375 g/mol. The maximum Gasteiger partial charge on any atom is 0.261 e. The number of ether oxygens (including phenoxy) is 1. The number of amides is 1. The van der Waals surface area contributed by atoms with Crippen molar-refractivity contribution in [1.29, 1.82) is 0 Å². The summed E-state index contributed by atoms with van der Waals surface area (Å²) in [5, 5.41) is 5.33. The highest BCUT2D eigenvalue weighted by atomic mass is 16.5. The number of fused-ring (bicyclic) bond motifs is 1. The fourth-order valence-electron chi connectivity index (χ4n) is 3.65. The Labute approximate surface area is 167 Å². The summed E-state index contributed by atoms with van der Waals surface area (Å²) in [6, 6.07) is 20.4. The number of hydrogen-bond acceptors (Lipinski definition) is 2. The second-order valence-corrected chi connectivity index (χ2v) is 7.32. The van der Waals surface area contributed by atoms with E-state index in [0.29, 0.717) is 6.42 Å². The van der Waals surface area contributed by atoms with Gasteiger partial charge in [0.2, 0.25) is 0 Å². The van der Waals surface area contributed by atoms with Crippen molar-refractivity contribution in [3.8, 4) is 5.75 Å². The number of carbonyl (C=O) groups excluding carboxylic acids is 1. The standard InChI is InChI=1S/C25H29NO2/c1-5-22(20-15-14-17(3)16-18(20)4)26-25(27)23(6-2)28-24-13-9-11-19-10-7-8-12-21(19)24/h7-16,22-23H,5-6H2,1-4H3,(H,26,27)/t22-,23+/m0/s1. The number of benzene rings is 3. The Bertz CT molecular complexity index is 958. The van der Waals surface area contributed by atoms with Gasteiger partial charge in [0, 0.05) is 5.39 Å². The van der Waals surface area contributed by atoms with Crippen LogP contribution in [0.2, 0.25) is 0 Å². The number of aryl methyl sites for hydroxylation is 2. The van der Waals surface area contributed by atoms with Gasteiger partial charge in [0.05, 0.1) is 6.04 Å². The van der Waals surface area contributed by atoms with Gasteiger partial charge in [0.1, 0.15) is 5.75 Å². The second kappa shape index (κ2) is 8.92. The molecule has 0 unspecified atom stereocenters. The zero-order valence-electron chi connectivity index (χ0n) is 17.2. The van der Waals surface area contributed by atoms with Gasteiger partial charge < -0.3 is 10.1 Å². The molecule has 1 N–H and O–H groups in total. The van der Waals surface area contributed by atoms with E-state index in [-0.39, 0.29) is 11.9 Å². The van der Waals surface area contributed by atoms with Crippen LogP contribution in [0.3, 0.4) is 0 Å². The SMILES string of the molecule is CC[C@H](NC(=O)[C@@H](CC)Oc1cccc2ccccc12)c1ccc(C)cc1C. The molecule has 0 aliphatic carbocycles. The minimum absolute atomic E-state index is 0.0155. The van der Waals surface area contributed by atoms with Crippen molar-refractivity contribution in [2.45, 2.75) is 52.7 Å². The molecule has 0 bridgehead atoms. The molecule has 0 fully saturated rings. The van der Waals surface area contributed by atoms with Crippen LogP contribution in [0.15, 0.2) is 60.7 Å². The van der Waals surface area contributed by atoms with Crippen molar-refractivity contribution in [2.24, 2.45) is 0 Å². The summed E-state index contributed by atoms with van der Waals surface area (Å²) in [5.41, 5.74) is 3.60. The van der Waals surface area contributed by atoms with Gasteiger partial charge in [-0.1, -0.05) is 74.0 Å². The highest BCUT2D eigenvalue weighted by molar-refractivity contribution is 5.89. The summed E-state index contributed by atoms with van der Waals surface area (Å²) in [6.07, 6.45) is 0.921. The Morgan fingerprint density at radius 3 is 2.43 bits per heavy atom. The summed E-state index contributed by atoms with van der Waals surface area (Å²) in [5.74, 6) is 0.682. The van der Waals surface area contributed by atoms with Crippen LogP contribution >= 0.6 is 0 Å². The molecule has 0 spiro atoms. The third-order valence-corrected chi connectivity index (χ3v) is 5.21. The summed E-state index contributed by atoms with van der Waals surface area (Å²) < 4.78 is 6.16. The van der Waals surface area contributed by atoms with Gasteiger partial charge in [-0.3, -0.25) is 4.79 Å². The van der Waals surface area contributed by atoms with Gasteiger partial charge in [-0.05, 0) is 49.3 Å². The summed E-state index contributed by atoms with van der Waals surface area (Å²) in [4.78, 5) is 13.0. The van der Waals surface area contributed by atoms with E-state index in [2.05, 4.69) is 56.4 Å². The van der Waals surface area contributed by atoms with Crippen molar-refractivity contribution >= 4 is 16.7 Å². The summed E-state index contributed by atoms with van der Waals surface area (Å²) >= 11 is 0. The third kappa shape index (κ3) is 4.36. The Kier molecular flexibility index (Phi) is 6.35. The van der Waals surface area contributed by atoms with E-state index in [1.807, 2.05) is 37.3 Å². The second-order valence-electron chi connectivity index (χ2n) is 7.32. The first-order valence-corrected chi connectivity index (χ1v) is 10.1. The topological polar surface area (TPSA) is 38.3 Å². The number of rotatable bonds is 7. The summed E-state index contributed by atoms with van der Waals surface area (Å²) in [7, 11) is 0. The lowest BCUT2D eigenvalue weighted by atomic mass is 9.97. The summed E-state index contributed by atoms with van der Waals surface area (Å²) in [6.45, 7) is 8.26. The van der Waals surface area contributed by atoms with Crippen LogP contribution in [-0.4, -0.2) is 12.0 Å². The number of nitrogens with one attached hydrogen (secondary N) is 1. The zero-order valence-corrected chi connectivity index (χ0v) is 17.2. The van der Waals surface area contributed by atoms with E-state index < -0.39 is 6.10 Å². The normalized spacial score (nSPS) is 13.1. The fraction of sp³-hybridized carbons (Fsp3) is 0.320. The zero-order chi connectivity index (χ0) is 20.1. The highest BCUT2D eigenvalue weighted by Gasteiger charge is 2.23. The third-order valence-electron chi connectivity index (χ3n) is 5.21. The molecule has 3 rings (SSSR count). The lowest BCUT2D eigenvalue weighted by molar-refractivity contribution is -0.128. The molecule has 3 aromatic rings. The van der Waals surface area contributed by atoms with Gasteiger partial charge >= 0.3 is 0 Å². The highest BCUT2D eigenvalue weighted by Crippen LogP contribution is 2.27. The maximum atomic E-state index is 13.0. The molecule has 28 heavy (non-hydrogen) atoms. The first-order chi connectivity index (χ1) is 13.5. The van der Waals surface area contributed by atoms with Crippen LogP contribution in [0.25, 0.3) is 10.8 Å². The maximum absolute atomic E-state index is 13.0. The van der Waals surface area contributed by atoms with Gasteiger partial charge in [-0.25, -0.2) is 0 Å². The van der Waals surface area contributed by atoms with Crippen LogP contribution < -0.4 is 10.1 Å². The van der Waals surface area contributed by atoms with Gasteiger partial charge in [0.25, 0.3) is 5.91 Å². The smallest absolute Gasteiger partial charge is 0.261 e. The first-order valence-electron chi connectivity index (χ1n) is 10.1. The number of carbonyl (C=O) groups is 1. The predicted molar refractivity (Wildman–Crippen MR) is 116 cm³/mol. The van der Waals surface area contributed by atoms with E-state index in [1.54, 1.807) is 0 Å². The average Bonchev–Trinajstić information content (AvgIpc) is 2.70. The largest absolute Gasteiger partial charge is 0.480 e. The molecule has 2 atom stereocenters. The minimum Gasteiger partial charge on any atom is -0.480 e. The van der Waals surface area contributed by atoms with Gasteiger partial charge in [0.15, 0.2) is 6.10 Å². The van der Waals surface area contributed by atoms with E-state index in [4.69, 9.17) is 4.74 Å². The first kappa shape index (κ1) is 19.9.